The molecule has 2 amide bonds. The van der Waals surface area contributed by atoms with Gasteiger partial charge in [-0.2, -0.15) is 0 Å². The number of carbonyl (C=O) groups is 2. The van der Waals surface area contributed by atoms with Crippen molar-refractivity contribution in [3.05, 3.63) is 95.1 Å². The van der Waals surface area contributed by atoms with Crippen LogP contribution in [0.3, 0.4) is 0 Å². The van der Waals surface area contributed by atoms with E-state index in [1.807, 2.05) is 47.4 Å². The van der Waals surface area contributed by atoms with Crippen molar-refractivity contribution in [1.29, 1.82) is 0 Å². The number of hydrogen-bond acceptors (Lipinski definition) is 3. The normalized spacial score (nSPS) is 17.8. The molecule has 1 atom stereocenters. The molecule has 1 unspecified atom stereocenters. The molecule has 0 fully saturated rings. The van der Waals surface area contributed by atoms with Gasteiger partial charge in [-0.3, -0.25) is 13.8 Å². The molecule has 156 valence electrons. The number of carbonyl (C=O) groups excluding carboxylic acids is 2. The smallest absolute Gasteiger partial charge is 0.254 e. The third-order valence-corrected chi connectivity index (χ3v) is 7.24. The SMILES string of the molecule is O=C(c1ccc2c(c1)N(Cc1ccccc1)C(=O)CS2=O)N1CCc2ccccc2C1. The third kappa shape index (κ3) is 3.79. The molecule has 3 aromatic rings. The van der Waals surface area contributed by atoms with Gasteiger partial charge in [-0.05, 0) is 41.3 Å². The molecule has 31 heavy (non-hydrogen) atoms. The first-order valence-corrected chi connectivity index (χ1v) is 11.6. The fourth-order valence-electron chi connectivity index (χ4n) is 4.25. The zero-order valence-corrected chi connectivity index (χ0v) is 17.8. The van der Waals surface area contributed by atoms with Crippen LogP contribution in [0.25, 0.3) is 0 Å². The lowest BCUT2D eigenvalue weighted by Gasteiger charge is -2.31. The molecule has 0 saturated heterocycles. The predicted molar refractivity (Wildman–Crippen MR) is 120 cm³/mol. The Kier molecular flexibility index (Phi) is 5.16. The maximum atomic E-state index is 13.3. The van der Waals surface area contributed by atoms with Gasteiger partial charge in [0.2, 0.25) is 5.91 Å². The molecule has 0 radical (unpaired) electrons. The maximum Gasteiger partial charge on any atom is 0.254 e. The molecule has 0 aliphatic carbocycles. The number of rotatable bonds is 3. The van der Waals surface area contributed by atoms with E-state index in [-0.39, 0.29) is 17.6 Å². The van der Waals surface area contributed by atoms with Crippen LogP contribution >= 0.6 is 0 Å². The first kappa shape index (κ1) is 19.7. The summed E-state index contributed by atoms with van der Waals surface area (Å²) in [4.78, 5) is 30.1. The molecule has 2 heterocycles. The number of amides is 2. The van der Waals surface area contributed by atoms with E-state index in [4.69, 9.17) is 0 Å². The Morgan fingerprint density at radius 3 is 2.48 bits per heavy atom. The Labute approximate surface area is 183 Å². The molecule has 0 saturated carbocycles. The van der Waals surface area contributed by atoms with Crippen LogP contribution < -0.4 is 4.90 Å². The largest absolute Gasteiger partial charge is 0.334 e. The van der Waals surface area contributed by atoms with Gasteiger partial charge in [0.05, 0.1) is 27.9 Å². The third-order valence-electron chi connectivity index (χ3n) is 5.90. The second-order valence-corrected chi connectivity index (χ2v) is 9.30. The van der Waals surface area contributed by atoms with Crippen molar-refractivity contribution in [1.82, 2.24) is 4.90 Å². The lowest BCUT2D eigenvalue weighted by atomic mass is 9.99. The van der Waals surface area contributed by atoms with Crippen molar-refractivity contribution < 1.29 is 13.8 Å². The molecule has 5 nitrogen and oxygen atoms in total. The van der Waals surface area contributed by atoms with Crippen molar-refractivity contribution in [2.75, 3.05) is 17.2 Å². The van der Waals surface area contributed by atoms with Crippen LogP contribution in [0, 0.1) is 0 Å². The molecule has 0 spiro atoms. The Balaban J connectivity index is 1.46. The molecule has 3 aromatic carbocycles. The minimum absolute atomic E-state index is 0.0317. The van der Waals surface area contributed by atoms with Gasteiger partial charge in [-0.15, -0.1) is 0 Å². The average Bonchev–Trinajstić information content (AvgIpc) is 2.81. The minimum Gasteiger partial charge on any atom is -0.334 e. The molecule has 2 aliphatic heterocycles. The standard InChI is InChI=1S/C25H22N2O3S/c28-24-17-31(30)23-11-10-20(14-22(23)27(24)15-18-6-2-1-3-7-18)25(29)26-13-12-19-8-4-5-9-21(19)16-26/h1-11,14H,12-13,15-17H2. The summed E-state index contributed by atoms with van der Waals surface area (Å²) in [5.41, 5.74) is 4.53. The predicted octanol–water partition coefficient (Wildman–Crippen LogP) is 3.54. The molecule has 5 rings (SSSR count). The second-order valence-electron chi connectivity index (χ2n) is 7.88. The van der Waals surface area contributed by atoms with E-state index in [9.17, 15) is 13.8 Å². The van der Waals surface area contributed by atoms with Gasteiger partial charge in [0.1, 0.15) is 5.75 Å². The van der Waals surface area contributed by atoms with Crippen LogP contribution in [-0.4, -0.2) is 33.2 Å². The summed E-state index contributed by atoms with van der Waals surface area (Å²) >= 11 is 0. The van der Waals surface area contributed by atoms with E-state index >= 15 is 0 Å². The Bertz CT molecular complexity index is 1190. The van der Waals surface area contributed by atoms with Crippen LogP contribution in [0.15, 0.2) is 77.7 Å². The van der Waals surface area contributed by atoms with E-state index in [0.29, 0.717) is 35.8 Å². The molecular weight excluding hydrogens is 408 g/mol. The molecule has 0 N–H and O–H groups in total. The monoisotopic (exact) mass is 430 g/mol. The highest BCUT2D eigenvalue weighted by Crippen LogP contribution is 2.32. The van der Waals surface area contributed by atoms with Crippen molar-refractivity contribution in [2.24, 2.45) is 0 Å². The van der Waals surface area contributed by atoms with Crippen LogP contribution in [0.1, 0.15) is 27.0 Å². The fraction of sp³-hybridized carbons (Fsp3) is 0.200. The van der Waals surface area contributed by atoms with Crippen molar-refractivity contribution >= 4 is 28.3 Å². The summed E-state index contributed by atoms with van der Waals surface area (Å²) in [7, 11) is -1.40. The second kappa shape index (κ2) is 8.12. The van der Waals surface area contributed by atoms with Gasteiger partial charge in [0.25, 0.3) is 5.91 Å². The summed E-state index contributed by atoms with van der Waals surface area (Å²) in [6, 6.07) is 23.1. The van der Waals surface area contributed by atoms with E-state index in [0.717, 1.165) is 12.0 Å². The van der Waals surface area contributed by atoms with Crippen LogP contribution in [-0.2, 0) is 35.1 Å². The summed E-state index contributed by atoms with van der Waals surface area (Å²) in [5, 5.41) is 0. The van der Waals surface area contributed by atoms with Crippen LogP contribution in [0.2, 0.25) is 0 Å². The van der Waals surface area contributed by atoms with Crippen molar-refractivity contribution in [3.8, 4) is 0 Å². The molecule has 2 aliphatic rings. The highest BCUT2D eigenvalue weighted by Gasteiger charge is 2.31. The van der Waals surface area contributed by atoms with Crippen molar-refractivity contribution in [2.45, 2.75) is 24.4 Å². The maximum absolute atomic E-state index is 13.3. The van der Waals surface area contributed by atoms with Gasteiger partial charge in [-0.25, -0.2) is 0 Å². The number of nitrogens with zero attached hydrogens (tertiary/aromatic N) is 2. The van der Waals surface area contributed by atoms with Gasteiger partial charge >= 0.3 is 0 Å². The summed E-state index contributed by atoms with van der Waals surface area (Å²) in [5.74, 6) is -0.289. The molecule has 0 bridgehead atoms. The number of hydrogen-bond donors (Lipinski definition) is 0. The van der Waals surface area contributed by atoms with Gasteiger partial charge in [0, 0.05) is 18.7 Å². The Morgan fingerprint density at radius 2 is 1.68 bits per heavy atom. The van der Waals surface area contributed by atoms with E-state index in [1.54, 1.807) is 23.1 Å². The van der Waals surface area contributed by atoms with Crippen LogP contribution in [0.4, 0.5) is 5.69 Å². The van der Waals surface area contributed by atoms with Gasteiger partial charge < -0.3 is 9.80 Å². The number of anilines is 1. The van der Waals surface area contributed by atoms with Crippen LogP contribution in [0.5, 0.6) is 0 Å². The van der Waals surface area contributed by atoms with Crippen molar-refractivity contribution in [3.63, 3.8) is 0 Å². The Hall–Kier alpha value is -3.25. The lowest BCUT2D eigenvalue weighted by molar-refractivity contribution is -0.116. The lowest BCUT2D eigenvalue weighted by Crippen LogP contribution is -2.39. The summed E-state index contributed by atoms with van der Waals surface area (Å²) in [6.07, 6.45) is 0.829. The molecular formula is C25H22N2O3S. The fourth-order valence-corrected chi connectivity index (χ4v) is 5.40. The minimum atomic E-state index is -1.40. The zero-order valence-electron chi connectivity index (χ0n) is 17.0. The summed E-state index contributed by atoms with van der Waals surface area (Å²) in [6.45, 7) is 1.62. The van der Waals surface area contributed by atoms with E-state index < -0.39 is 10.8 Å². The van der Waals surface area contributed by atoms with Gasteiger partial charge in [-0.1, -0.05) is 54.6 Å². The highest BCUT2D eigenvalue weighted by molar-refractivity contribution is 7.86. The van der Waals surface area contributed by atoms with E-state index in [1.165, 1.54) is 11.1 Å². The summed E-state index contributed by atoms with van der Waals surface area (Å²) < 4.78 is 12.6. The Morgan fingerprint density at radius 1 is 0.935 bits per heavy atom. The average molecular weight is 431 g/mol. The highest BCUT2D eigenvalue weighted by atomic mass is 32.2. The van der Waals surface area contributed by atoms with E-state index in [2.05, 4.69) is 12.1 Å². The quantitative estimate of drug-likeness (QED) is 0.639. The number of benzene rings is 3. The first-order chi connectivity index (χ1) is 15.1. The number of fused-ring (bicyclic) bond motifs is 2. The topological polar surface area (TPSA) is 57.7 Å². The molecule has 0 aromatic heterocycles. The molecule has 6 heteroatoms. The van der Waals surface area contributed by atoms with Gasteiger partial charge in [0.15, 0.2) is 0 Å². The zero-order chi connectivity index (χ0) is 21.4. The first-order valence-electron chi connectivity index (χ1n) is 10.3.